The van der Waals surface area contributed by atoms with Crippen molar-refractivity contribution in [1.82, 2.24) is 10.6 Å². The van der Waals surface area contributed by atoms with Crippen molar-refractivity contribution in [3.8, 4) is 0 Å². The Morgan fingerprint density at radius 1 is 1.43 bits per heavy atom. The van der Waals surface area contributed by atoms with Crippen molar-refractivity contribution >= 4 is 17.7 Å². The van der Waals surface area contributed by atoms with E-state index in [0.717, 1.165) is 37.7 Å². The molecule has 2 saturated heterocycles. The molecular formula is C9H16N2O2S. The molecule has 14 heavy (non-hydrogen) atoms. The van der Waals surface area contributed by atoms with Gasteiger partial charge in [-0.1, -0.05) is 0 Å². The summed E-state index contributed by atoms with van der Waals surface area (Å²) in [6, 6.07) is 0.339. The van der Waals surface area contributed by atoms with Gasteiger partial charge in [0.1, 0.15) is 0 Å². The van der Waals surface area contributed by atoms with E-state index in [9.17, 15) is 4.79 Å². The Balaban J connectivity index is 1.75. The maximum atomic E-state index is 11.7. The highest BCUT2D eigenvalue weighted by atomic mass is 32.2. The van der Waals surface area contributed by atoms with Gasteiger partial charge in [-0.25, -0.2) is 0 Å². The average molecular weight is 216 g/mol. The van der Waals surface area contributed by atoms with Gasteiger partial charge < -0.3 is 10.1 Å². The fourth-order valence-electron chi connectivity index (χ4n) is 1.71. The molecule has 5 heteroatoms. The van der Waals surface area contributed by atoms with Gasteiger partial charge in [-0.3, -0.25) is 10.1 Å². The van der Waals surface area contributed by atoms with Crippen molar-refractivity contribution in [2.75, 3.05) is 24.8 Å². The summed E-state index contributed by atoms with van der Waals surface area (Å²) >= 11 is 1.78. The Bertz CT molecular complexity index is 201. The third-order valence-corrected chi connectivity index (χ3v) is 3.54. The molecular weight excluding hydrogens is 200 g/mol. The maximum Gasteiger partial charge on any atom is 0.238 e. The average Bonchev–Trinajstić information content (AvgIpc) is 2.72. The minimum Gasteiger partial charge on any atom is -0.381 e. The molecule has 0 aromatic carbocycles. The molecule has 0 aromatic heterocycles. The molecule has 0 bridgehead atoms. The first-order chi connectivity index (χ1) is 6.86. The summed E-state index contributed by atoms with van der Waals surface area (Å²) in [7, 11) is 0. The van der Waals surface area contributed by atoms with E-state index in [1.54, 1.807) is 11.8 Å². The Hall–Kier alpha value is -0.260. The highest BCUT2D eigenvalue weighted by Gasteiger charge is 2.25. The van der Waals surface area contributed by atoms with Gasteiger partial charge in [0, 0.05) is 30.9 Å². The van der Waals surface area contributed by atoms with E-state index in [-0.39, 0.29) is 11.9 Å². The van der Waals surface area contributed by atoms with E-state index in [2.05, 4.69) is 10.6 Å². The van der Waals surface area contributed by atoms with Gasteiger partial charge in [0.25, 0.3) is 0 Å². The van der Waals surface area contributed by atoms with Crippen LogP contribution in [0.4, 0.5) is 0 Å². The molecule has 0 spiro atoms. The van der Waals surface area contributed by atoms with Gasteiger partial charge in [0.05, 0.1) is 6.04 Å². The van der Waals surface area contributed by atoms with Gasteiger partial charge in [0.2, 0.25) is 5.91 Å². The second kappa shape index (κ2) is 5.00. The molecule has 80 valence electrons. The van der Waals surface area contributed by atoms with Crippen molar-refractivity contribution in [2.24, 2.45) is 0 Å². The van der Waals surface area contributed by atoms with Crippen molar-refractivity contribution in [3.05, 3.63) is 0 Å². The molecule has 0 unspecified atom stereocenters. The van der Waals surface area contributed by atoms with Crippen LogP contribution in [0.2, 0.25) is 0 Å². The van der Waals surface area contributed by atoms with E-state index in [1.807, 2.05) is 0 Å². The van der Waals surface area contributed by atoms with Crippen LogP contribution in [0.3, 0.4) is 0 Å². The second-order valence-corrected chi connectivity index (χ2v) is 4.70. The zero-order valence-electron chi connectivity index (χ0n) is 8.12. The molecule has 0 radical (unpaired) electrons. The van der Waals surface area contributed by atoms with Crippen LogP contribution in [-0.2, 0) is 9.53 Å². The van der Waals surface area contributed by atoms with E-state index < -0.39 is 0 Å². The van der Waals surface area contributed by atoms with E-state index in [4.69, 9.17) is 4.74 Å². The first kappa shape index (κ1) is 10.3. The summed E-state index contributed by atoms with van der Waals surface area (Å²) in [6.07, 6.45) is 1.90. The zero-order valence-corrected chi connectivity index (χ0v) is 8.94. The molecule has 2 aliphatic heterocycles. The molecule has 0 aromatic rings. The van der Waals surface area contributed by atoms with E-state index in [1.165, 1.54) is 0 Å². The number of rotatable bonds is 2. The summed E-state index contributed by atoms with van der Waals surface area (Å²) in [5.74, 6) is 1.95. The zero-order chi connectivity index (χ0) is 9.80. The van der Waals surface area contributed by atoms with Crippen molar-refractivity contribution in [3.63, 3.8) is 0 Å². The SMILES string of the molecule is O=C(NC1CCOCC1)[C@H]1CSCN1. The molecule has 2 fully saturated rings. The largest absolute Gasteiger partial charge is 0.381 e. The number of hydrogen-bond donors (Lipinski definition) is 2. The van der Waals surface area contributed by atoms with Crippen molar-refractivity contribution in [1.29, 1.82) is 0 Å². The van der Waals surface area contributed by atoms with Crippen molar-refractivity contribution in [2.45, 2.75) is 24.9 Å². The fourth-order valence-corrected chi connectivity index (χ4v) is 2.65. The van der Waals surface area contributed by atoms with Crippen LogP contribution in [0.25, 0.3) is 0 Å². The van der Waals surface area contributed by atoms with E-state index >= 15 is 0 Å². The highest BCUT2D eigenvalue weighted by molar-refractivity contribution is 7.99. The predicted octanol–water partition coefficient (Wildman–Crippen LogP) is -0.0559. The number of carbonyl (C=O) groups is 1. The fraction of sp³-hybridized carbons (Fsp3) is 0.889. The minimum atomic E-state index is 0.0165. The first-order valence-corrected chi connectivity index (χ1v) is 6.21. The van der Waals surface area contributed by atoms with Gasteiger partial charge >= 0.3 is 0 Å². The number of hydrogen-bond acceptors (Lipinski definition) is 4. The summed E-state index contributed by atoms with van der Waals surface area (Å²) in [4.78, 5) is 11.7. The minimum absolute atomic E-state index is 0.0165. The number of amides is 1. The van der Waals surface area contributed by atoms with Gasteiger partial charge in [0.15, 0.2) is 0 Å². The quantitative estimate of drug-likeness (QED) is 0.679. The third-order valence-electron chi connectivity index (χ3n) is 2.60. The third kappa shape index (κ3) is 2.62. The molecule has 2 rings (SSSR count). The number of carbonyl (C=O) groups excluding carboxylic acids is 1. The van der Waals surface area contributed by atoms with Gasteiger partial charge in [-0.15, -0.1) is 11.8 Å². The second-order valence-electron chi connectivity index (χ2n) is 3.67. The summed E-state index contributed by atoms with van der Waals surface area (Å²) in [5, 5.41) is 6.23. The van der Waals surface area contributed by atoms with Crippen molar-refractivity contribution < 1.29 is 9.53 Å². The Morgan fingerprint density at radius 2 is 2.21 bits per heavy atom. The number of nitrogens with one attached hydrogen (secondary N) is 2. The molecule has 4 nitrogen and oxygen atoms in total. The van der Waals surface area contributed by atoms with Crippen LogP contribution < -0.4 is 10.6 Å². The monoisotopic (exact) mass is 216 g/mol. The standard InChI is InChI=1S/C9H16N2O2S/c12-9(8-5-14-6-10-8)11-7-1-3-13-4-2-7/h7-8,10H,1-6H2,(H,11,12)/t8-/m1/s1. The predicted molar refractivity (Wildman–Crippen MR) is 56.2 cm³/mol. The van der Waals surface area contributed by atoms with Crippen LogP contribution >= 0.6 is 11.8 Å². The lowest BCUT2D eigenvalue weighted by Gasteiger charge is -2.24. The molecule has 1 amide bonds. The lowest BCUT2D eigenvalue weighted by atomic mass is 10.1. The number of ether oxygens (including phenoxy) is 1. The normalized spacial score (nSPS) is 29.0. The topological polar surface area (TPSA) is 50.4 Å². The van der Waals surface area contributed by atoms with Crippen LogP contribution in [0.1, 0.15) is 12.8 Å². The van der Waals surface area contributed by atoms with E-state index in [0.29, 0.717) is 6.04 Å². The molecule has 1 atom stereocenters. The lowest BCUT2D eigenvalue weighted by Crippen LogP contribution is -2.47. The summed E-state index contributed by atoms with van der Waals surface area (Å²) < 4.78 is 5.24. The lowest BCUT2D eigenvalue weighted by molar-refractivity contribution is -0.123. The van der Waals surface area contributed by atoms with Crippen LogP contribution in [0.5, 0.6) is 0 Å². The van der Waals surface area contributed by atoms with Gasteiger partial charge in [-0.05, 0) is 12.8 Å². The molecule has 0 saturated carbocycles. The highest BCUT2D eigenvalue weighted by Crippen LogP contribution is 2.11. The Labute approximate surface area is 88.1 Å². The smallest absolute Gasteiger partial charge is 0.238 e. The van der Waals surface area contributed by atoms with Gasteiger partial charge in [-0.2, -0.15) is 0 Å². The Kier molecular flexibility index (Phi) is 3.67. The first-order valence-electron chi connectivity index (χ1n) is 5.05. The summed E-state index contributed by atoms with van der Waals surface area (Å²) in [6.45, 7) is 1.55. The van der Waals surface area contributed by atoms with Crippen LogP contribution in [0.15, 0.2) is 0 Å². The van der Waals surface area contributed by atoms with Crippen LogP contribution in [0, 0.1) is 0 Å². The Morgan fingerprint density at radius 3 is 2.86 bits per heavy atom. The molecule has 2 N–H and O–H groups in total. The van der Waals surface area contributed by atoms with Crippen LogP contribution in [-0.4, -0.2) is 42.8 Å². The number of thioether (sulfide) groups is 1. The molecule has 0 aliphatic carbocycles. The maximum absolute atomic E-state index is 11.7. The molecule has 2 heterocycles. The summed E-state index contributed by atoms with van der Waals surface area (Å²) in [5.41, 5.74) is 0. The molecule has 2 aliphatic rings.